The van der Waals surface area contributed by atoms with Crippen LogP contribution in [0.25, 0.3) is 0 Å². The molecule has 2 N–H and O–H groups in total. The van der Waals surface area contributed by atoms with E-state index in [0.717, 1.165) is 6.42 Å². The number of carboxylic acids is 1. The minimum atomic E-state index is -1.00. The van der Waals surface area contributed by atoms with Crippen LogP contribution in [0.2, 0.25) is 0 Å². The molecular formula is C13H24N2O4. The summed E-state index contributed by atoms with van der Waals surface area (Å²) in [4.78, 5) is 24.5. The first-order valence-electron chi connectivity index (χ1n) is 6.69. The highest BCUT2D eigenvalue weighted by Gasteiger charge is 2.34. The van der Waals surface area contributed by atoms with E-state index in [9.17, 15) is 9.59 Å². The second-order valence-electron chi connectivity index (χ2n) is 5.33. The molecule has 0 heterocycles. The van der Waals surface area contributed by atoms with Crippen molar-refractivity contribution in [2.45, 2.75) is 32.2 Å². The Kier molecular flexibility index (Phi) is 6.08. The van der Waals surface area contributed by atoms with Gasteiger partial charge in [-0.2, -0.15) is 0 Å². The fraction of sp³-hybridized carbons (Fsp3) is 0.846. The lowest BCUT2D eigenvalue weighted by Gasteiger charge is -2.21. The standard InChI is InChI=1S/C13H24N2O4/c1-9-7-10(9)8-15(2)13(18)14-11(12(16)17)5-4-6-19-3/h9-11H,4-8H2,1-3H3,(H,14,18)(H,16,17). The number of nitrogens with zero attached hydrogens (tertiary/aromatic N) is 1. The summed E-state index contributed by atoms with van der Waals surface area (Å²) in [5.74, 6) is 0.234. The first kappa shape index (κ1) is 15.8. The maximum Gasteiger partial charge on any atom is 0.326 e. The Morgan fingerprint density at radius 1 is 1.53 bits per heavy atom. The van der Waals surface area contributed by atoms with Crippen LogP contribution in [-0.2, 0) is 9.53 Å². The minimum absolute atomic E-state index is 0.316. The van der Waals surface area contributed by atoms with Crippen molar-refractivity contribution in [3.05, 3.63) is 0 Å². The smallest absolute Gasteiger partial charge is 0.326 e. The van der Waals surface area contributed by atoms with Crippen molar-refractivity contribution in [3.8, 4) is 0 Å². The maximum atomic E-state index is 11.9. The van der Waals surface area contributed by atoms with Crippen LogP contribution in [0.15, 0.2) is 0 Å². The van der Waals surface area contributed by atoms with Gasteiger partial charge in [0.1, 0.15) is 6.04 Å². The topological polar surface area (TPSA) is 78.9 Å². The molecule has 0 aromatic heterocycles. The number of methoxy groups -OCH3 is 1. The molecule has 0 bridgehead atoms. The van der Waals surface area contributed by atoms with E-state index < -0.39 is 12.0 Å². The number of carbonyl (C=O) groups is 2. The fourth-order valence-corrected chi connectivity index (χ4v) is 2.04. The zero-order chi connectivity index (χ0) is 14.4. The molecule has 3 unspecified atom stereocenters. The van der Waals surface area contributed by atoms with Gasteiger partial charge in [0, 0.05) is 27.3 Å². The number of aliphatic carboxylic acids is 1. The van der Waals surface area contributed by atoms with Crippen molar-refractivity contribution >= 4 is 12.0 Å². The highest BCUT2D eigenvalue weighted by molar-refractivity contribution is 5.82. The molecule has 1 fully saturated rings. The van der Waals surface area contributed by atoms with E-state index in [2.05, 4.69) is 12.2 Å². The van der Waals surface area contributed by atoms with Crippen molar-refractivity contribution in [1.82, 2.24) is 10.2 Å². The van der Waals surface area contributed by atoms with Gasteiger partial charge < -0.3 is 20.1 Å². The normalized spacial score (nSPS) is 22.7. The third-order valence-corrected chi connectivity index (χ3v) is 3.57. The van der Waals surface area contributed by atoms with Crippen molar-refractivity contribution in [2.24, 2.45) is 11.8 Å². The Bertz CT molecular complexity index is 322. The predicted octanol–water partition coefficient (Wildman–Crippen LogP) is 1.16. The lowest BCUT2D eigenvalue weighted by molar-refractivity contribution is -0.139. The average molecular weight is 272 g/mol. The van der Waals surface area contributed by atoms with Crippen LogP contribution in [-0.4, -0.2) is 55.4 Å². The SMILES string of the molecule is COCCCC(NC(=O)N(C)CC1CC1C)C(=O)O. The van der Waals surface area contributed by atoms with Gasteiger partial charge in [0.15, 0.2) is 0 Å². The molecule has 1 rings (SSSR count). The second kappa shape index (κ2) is 7.33. The van der Waals surface area contributed by atoms with Gasteiger partial charge in [-0.05, 0) is 31.1 Å². The molecule has 2 amide bonds. The molecule has 0 aromatic rings. The quantitative estimate of drug-likeness (QED) is 0.650. The molecule has 1 saturated carbocycles. The van der Waals surface area contributed by atoms with Crippen LogP contribution in [0.4, 0.5) is 4.79 Å². The molecule has 6 heteroatoms. The molecule has 3 atom stereocenters. The van der Waals surface area contributed by atoms with Gasteiger partial charge in [-0.25, -0.2) is 9.59 Å². The molecule has 1 aliphatic carbocycles. The Morgan fingerprint density at radius 3 is 2.63 bits per heavy atom. The summed E-state index contributed by atoms with van der Waals surface area (Å²) in [6.07, 6.45) is 2.13. The highest BCUT2D eigenvalue weighted by atomic mass is 16.5. The first-order chi connectivity index (χ1) is 8.95. The van der Waals surface area contributed by atoms with Crippen LogP contribution >= 0.6 is 0 Å². The lowest BCUT2D eigenvalue weighted by Crippen LogP contribution is -2.47. The van der Waals surface area contributed by atoms with Gasteiger partial charge >= 0.3 is 12.0 Å². The van der Waals surface area contributed by atoms with Crippen molar-refractivity contribution in [1.29, 1.82) is 0 Å². The Hall–Kier alpha value is -1.30. The molecule has 0 radical (unpaired) electrons. The number of carboxylic acid groups (broad SMARTS) is 1. The van der Waals surface area contributed by atoms with E-state index >= 15 is 0 Å². The van der Waals surface area contributed by atoms with E-state index in [0.29, 0.717) is 37.8 Å². The summed E-state index contributed by atoms with van der Waals surface area (Å²) in [5, 5.41) is 11.6. The first-order valence-corrected chi connectivity index (χ1v) is 6.69. The molecule has 0 saturated heterocycles. The average Bonchev–Trinajstić information content (AvgIpc) is 3.03. The van der Waals surface area contributed by atoms with Crippen LogP contribution in [0.5, 0.6) is 0 Å². The van der Waals surface area contributed by atoms with Gasteiger partial charge in [0.05, 0.1) is 0 Å². The molecule has 6 nitrogen and oxygen atoms in total. The molecule has 0 spiro atoms. The second-order valence-corrected chi connectivity index (χ2v) is 5.33. The summed E-state index contributed by atoms with van der Waals surface area (Å²) < 4.78 is 4.88. The number of nitrogens with one attached hydrogen (secondary N) is 1. The largest absolute Gasteiger partial charge is 0.480 e. The van der Waals surface area contributed by atoms with Crippen LogP contribution in [0.1, 0.15) is 26.2 Å². The number of hydrogen-bond acceptors (Lipinski definition) is 3. The molecule has 0 aliphatic heterocycles. The number of amides is 2. The minimum Gasteiger partial charge on any atom is -0.480 e. The third-order valence-electron chi connectivity index (χ3n) is 3.57. The van der Waals surface area contributed by atoms with Crippen molar-refractivity contribution in [2.75, 3.05) is 27.3 Å². The molecular weight excluding hydrogens is 248 g/mol. The Morgan fingerprint density at radius 2 is 2.16 bits per heavy atom. The Labute approximate surface area is 114 Å². The molecule has 19 heavy (non-hydrogen) atoms. The summed E-state index contributed by atoms with van der Waals surface area (Å²) in [7, 11) is 3.27. The summed E-state index contributed by atoms with van der Waals surface area (Å²) in [6.45, 7) is 3.34. The Balaban J connectivity index is 2.34. The lowest BCUT2D eigenvalue weighted by atomic mass is 10.1. The zero-order valence-electron chi connectivity index (χ0n) is 11.9. The van der Waals surface area contributed by atoms with E-state index in [1.807, 2.05) is 0 Å². The molecule has 1 aliphatic rings. The summed E-state index contributed by atoms with van der Waals surface area (Å²) in [6, 6.07) is -1.16. The maximum absolute atomic E-state index is 11.9. The van der Waals surface area contributed by atoms with Gasteiger partial charge in [-0.1, -0.05) is 6.92 Å². The van der Waals surface area contributed by atoms with Crippen LogP contribution in [0.3, 0.4) is 0 Å². The zero-order valence-corrected chi connectivity index (χ0v) is 11.9. The van der Waals surface area contributed by atoms with Gasteiger partial charge in [0.25, 0.3) is 0 Å². The summed E-state index contributed by atoms with van der Waals surface area (Å²) >= 11 is 0. The van der Waals surface area contributed by atoms with Gasteiger partial charge in [0.2, 0.25) is 0 Å². The predicted molar refractivity (Wildman–Crippen MR) is 71.0 cm³/mol. The van der Waals surface area contributed by atoms with E-state index in [4.69, 9.17) is 9.84 Å². The number of ether oxygens (including phenoxy) is 1. The van der Waals surface area contributed by atoms with Crippen LogP contribution in [0, 0.1) is 11.8 Å². The van der Waals surface area contributed by atoms with Gasteiger partial charge in [-0.3, -0.25) is 0 Å². The number of carbonyl (C=O) groups excluding carboxylic acids is 1. The highest BCUT2D eigenvalue weighted by Crippen LogP contribution is 2.37. The van der Waals surface area contributed by atoms with E-state index in [1.165, 1.54) is 0 Å². The number of rotatable bonds is 8. The molecule has 110 valence electrons. The van der Waals surface area contributed by atoms with E-state index in [1.54, 1.807) is 19.1 Å². The van der Waals surface area contributed by atoms with Gasteiger partial charge in [-0.15, -0.1) is 0 Å². The summed E-state index contributed by atoms with van der Waals surface area (Å²) in [5.41, 5.74) is 0. The third kappa shape index (κ3) is 5.46. The fourth-order valence-electron chi connectivity index (χ4n) is 2.04. The number of urea groups is 1. The number of hydrogen-bond donors (Lipinski definition) is 2. The van der Waals surface area contributed by atoms with Crippen molar-refractivity contribution in [3.63, 3.8) is 0 Å². The monoisotopic (exact) mass is 272 g/mol. The van der Waals surface area contributed by atoms with Crippen LogP contribution < -0.4 is 5.32 Å². The van der Waals surface area contributed by atoms with Crippen molar-refractivity contribution < 1.29 is 19.4 Å². The van der Waals surface area contributed by atoms with E-state index in [-0.39, 0.29) is 6.03 Å². The molecule has 0 aromatic carbocycles.